The molecular formula is C21H34N4O3S. The summed E-state index contributed by atoms with van der Waals surface area (Å²) in [5.74, 6) is 0.961. The minimum absolute atomic E-state index is 0.139. The summed E-state index contributed by atoms with van der Waals surface area (Å²) >= 11 is 1.89. The van der Waals surface area contributed by atoms with Gasteiger partial charge in [0.1, 0.15) is 6.10 Å². The molecule has 29 heavy (non-hydrogen) atoms. The van der Waals surface area contributed by atoms with Crippen molar-refractivity contribution in [3.63, 3.8) is 0 Å². The van der Waals surface area contributed by atoms with Crippen LogP contribution in [0.2, 0.25) is 0 Å². The molecular weight excluding hydrogens is 388 g/mol. The molecule has 3 fully saturated rings. The number of aryl methyl sites for hydroxylation is 1. The maximum atomic E-state index is 6.01. The SMILES string of the molecule is CN=C(NCC(c1ccc(C)s1)N1CCOCC1)N1CCOC(C2CCCO2)C1. The Morgan fingerprint density at radius 1 is 1.17 bits per heavy atom. The second kappa shape index (κ2) is 10.2. The highest BCUT2D eigenvalue weighted by molar-refractivity contribution is 7.12. The van der Waals surface area contributed by atoms with Crippen molar-refractivity contribution < 1.29 is 14.2 Å². The Balaban J connectivity index is 1.39. The first-order valence-corrected chi connectivity index (χ1v) is 11.6. The molecule has 0 radical (unpaired) electrons. The number of morpholine rings is 2. The van der Waals surface area contributed by atoms with E-state index in [1.165, 1.54) is 9.75 Å². The van der Waals surface area contributed by atoms with E-state index in [0.29, 0.717) is 6.04 Å². The summed E-state index contributed by atoms with van der Waals surface area (Å²) in [4.78, 5) is 12.2. The largest absolute Gasteiger partial charge is 0.379 e. The predicted octanol–water partition coefficient (Wildman–Crippen LogP) is 1.89. The lowest BCUT2D eigenvalue weighted by atomic mass is 10.1. The van der Waals surface area contributed by atoms with Crippen molar-refractivity contribution in [3.8, 4) is 0 Å². The van der Waals surface area contributed by atoms with Crippen LogP contribution in [0.1, 0.15) is 28.6 Å². The highest BCUT2D eigenvalue weighted by atomic mass is 32.1. The number of thiophene rings is 1. The normalized spacial score (nSPS) is 27.9. The summed E-state index contributed by atoms with van der Waals surface area (Å²) in [6, 6.07) is 4.83. The van der Waals surface area contributed by atoms with Crippen molar-refractivity contribution >= 4 is 17.3 Å². The standard InChI is InChI=1S/C21H34N4O3S/c1-16-5-6-20(29-16)17(24-7-11-26-12-8-24)14-23-21(22-2)25-9-13-28-19(15-25)18-4-3-10-27-18/h5-6,17-19H,3-4,7-15H2,1-2H3,(H,22,23). The van der Waals surface area contributed by atoms with Gasteiger partial charge >= 0.3 is 0 Å². The number of guanidine groups is 1. The Morgan fingerprint density at radius 3 is 2.69 bits per heavy atom. The average Bonchev–Trinajstić information content (AvgIpc) is 3.44. The van der Waals surface area contributed by atoms with E-state index in [2.05, 4.69) is 39.2 Å². The summed E-state index contributed by atoms with van der Waals surface area (Å²) in [7, 11) is 1.87. The molecule has 0 spiro atoms. The number of hydrogen-bond donors (Lipinski definition) is 1. The van der Waals surface area contributed by atoms with Crippen molar-refractivity contribution in [2.45, 2.75) is 38.0 Å². The fourth-order valence-electron chi connectivity index (χ4n) is 4.44. The summed E-state index contributed by atoms with van der Waals surface area (Å²) in [6.45, 7) is 9.87. The van der Waals surface area contributed by atoms with Crippen molar-refractivity contribution in [1.82, 2.24) is 15.1 Å². The molecule has 0 aliphatic carbocycles. The Morgan fingerprint density at radius 2 is 2.00 bits per heavy atom. The van der Waals surface area contributed by atoms with E-state index in [1.54, 1.807) is 0 Å². The number of nitrogens with one attached hydrogen (secondary N) is 1. The molecule has 3 unspecified atom stereocenters. The van der Waals surface area contributed by atoms with Crippen molar-refractivity contribution in [1.29, 1.82) is 0 Å². The second-order valence-corrected chi connectivity index (χ2v) is 9.27. The van der Waals surface area contributed by atoms with Gasteiger partial charge < -0.3 is 24.4 Å². The average molecular weight is 423 g/mol. The molecule has 3 aliphatic heterocycles. The summed E-state index contributed by atoms with van der Waals surface area (Å²) < 4.78 is 17.4. The lowest BCUT2D eigenvalue weighted by Crippen LogP contribution is -2.54. The van der Waals surface area contributed by atoms with Crippen LogP contribution in [-0.4, -0.2) is 94.2 Å². The van der Waals surface area contributed by atoms with E-state index in [1.807, 2.05) is 18.4 Å². The topological polar surface area (TPSA) is 58.6 Å². The Kier molecular flexibility index (Phi) is 7.42. The Bertz CT molecular complexity index is 671. The van der Waals surface area contributed by atoms with Gasteiger partial charge in [-0.25, -0.2) is 0 Å². The number of aliphatic imine (C=N–C) groups is 1. The second-order valence-electron chi connectivity index (χ2n) is 7.95. The van der Waals surface area contributed by atoms with Gasteiger partial charge in [0.25, 0.3) is 0 Å². The maximum Gasteiger partial charge on any atom is 0.193 e. The molecule has 0 aromatic carbocycles. The van der Waals surface area contributed by atoms with Crippen LogP contribution in [0.4, 0.5) is 0 Å². The highest BCUT2D eigenvalue weighted by Crippen LogP contribution is 2.28. The zero-order chi connectivity index (χ0) is 20.1. The molecule has 0 saturated carbocycles. The van der Waals surface area contributed by atoms with Crippen molar-refractivity contribution in [2.75, 3.05) is 66.2 Å². The van der Waals surface area contributed by atoms with Crippen LogP contribution >= 0.6 is 11.3 Å². The van der Waals surface area contributed by atoms with E-state index < -0.39 is 0 Å². The summed E-state index contributed by atoms with van der Waals surface area (Å²) in [5.41, 5.74) is 0. The number of ether oxygens (including phenoxy) is 3. The van der Waals surface area contributed by atoms with Gasteiger partial charge in [-0.2, -0.15) is 0 Å². The molecule has 4 heterocycles. The third-order valence-electron chi connectivity index (χ3n) is 6.01. The van der Waals surface area contributed by atoms with Gasteiger partial charge in [0.2, 0.25) is 0 Å². The zero-order valence-electron chi connectivity index (χ0n) is 17.6. The molecule has 8 heteroatoms. The van der Waals surface area contributed by atoms with Crippen LogP contribution in [0.25, 0.3) is 0 Å². The predicted molar refractivity (Wildman–Crippen MR) is 116 cm³/mol. The van der Waals surface area contributed by atoms with Crippen LogP contribution in [0.15, 0.2) is 17.1 Å². The minimum atomic E-state index is 0.139. The first-order chi connectivity index (χ1) is 14.2. The molecule has 4 rings (SSSR count). The van der Waals surface area contributed by atoms with Gasteiger partial charge in [-0.3, -0.25) is 9.89 Å². The van der Waals surface area contributed by atoms with E-state index in [4.69, 9.17) is 14.2 Å². The lowest BCUT2D eigenvalue weighted by molar-refractivity contribution is -0.0817. The molecule has 0 bridgehead atoms. The van der Waals surface area contributed by atoms with Gasteiger partial charge in [-0.05, 0) is 31.9 Å². The fourth-order valence-corrected chi connectivity index (χ4v) is 5.45. The van der Waals surface area contributed by atoms with Crippen molar-refractivity contribution in [2.24, 2.45) is 4.99 Å². The summed E-state index contributed by atoms with van der Waals surface area (Å²) in [5, 5.41) is 3.66. The monoisotopic (exact) mass is 422 g/mol. The maximum absolute atomic E-state index is 6.01. The van der Waals surface area contributed by atoms with Crippen LogP contribution in [0.3, 0.4) is 0 Å². The molecule has 3 atom stereocenters. The molecule has 7 nitrogen and oxygen atoms in total. The number of nitrogens with zero attached hydrogens (tertiary/aromatic N) is 3. The molecule has 1 N–H and O–H groups in total. The van der Waals surface area contributed by atoms with Crippen LogP contribution in [-0.2, 0) is 14.2 Å². The fraction of sp³-hybridized carbons (Fsp3) is 0.762. The van der Waals surface area contributed by atoms with Gasteiger partial charge in [0, 0.05) is 56.1 Å². The quantitative estimate of drug-likeness (QED) is 0.578. The van der Waals surface area contributed by atoms with Crippen LogP contribution in [0.5, 0.6) is 0 Å². The minimum Gasteiger partial charge on any atom is -0.379 e. The zero-order valence-corrected chi connectivity index (χ0v) is 18.5. The van der Waals surface area contributed by atoms with Gasteiger partial charge in [-0.15, -0.1) is 11.3 Å². The molecule has 3 saturated heterocycles. The molecule has 3 aliphatic rings. The first-order valence-electron chi connectivity index (χ1n) is 10.8. The molecule has 1 aromatic heterocycles. The smallest absolute Gasteiger partial charge is 0.193 e. The summed E-state index contributed by atoms with van der Waals surface area (Å²) in [6.07, 6.45) is 2.60. The third-order valence-corrected chi connectivity index (χ3v) is 7.12. The third kappa shape index (κ3) is 5.30. The molecule has 1 aromatic rings. The highest BCUT2D eigenvalue weighted by Gasteiger charge is 2.32. The van der Waals surface area contributed by atoms with Crippen molar-refractivity contribution in [3.05, 3.63) is 21.9 Å². The Hall–Kier alpha value is -1.19. The number of rotatable bonds is 5. The van der Waals surface area contributed by atoms with Gasteiger partial charge in [-0.1, -0.05) is 0 Å². The number of hydrogen-bond acceptors (Lipinski definition) is 6. The lowest BCUT2D eigenvalue weighted by Gasteiger charge is -2.38. The van der Waals surface area contributed by atoms with E-state index in [9.17, 15) is 0 Å². The van der Waals surface area contributed by atoms with E-state index in [0.717, 1.165) is 78.0 Å². The van der Waals surface area contributed by atoms with Crippen LogP contribution in [0, 0.1) is 6.92 Å². The Labute approximate surface area is 178 Å². The van der Waals surface area contributed by atoms with Crippen LogP contribution < -0.4 is 5.32 Å². The first kappa shape index (κ1) is 21.1. The van der Waals surface area contributed by atoms with Gasteiger partial charge in [0.15, 0.2) is 5.96 Å². The molecule has 0 amide bonds. The van der Waals surface area contributed by atoms with Gasteiger partial charge in [0.05, 0.1) is 32.0 Å². The van der Waals surface area contributed by atoms with E-state index in [-0.39, 0.29) is 12.2 Å². The van der Waals surface area contributed by atoms with E-state index >= 15 is 0 Å². The molecule has 162 valence electrons.